The van der Waals surface area contributed by atoms with Crippen LogP contribution >= 0.6 is 15.9 Å². The van der Waals surface area contributed by atoms with Gasteiger partial charge >= 0.3 is 0 Å². The molecule has 0 aliphatic heterocycles. The highest BCUT2D eigenvalue weighted by atomic mass is 79.9. The number of rotatable bonds is 5. The Hall–Kier alpha value is -1.75. The summed E-state index contributed by atoms with van der Waals surface area (Å²) in [5.74, 6) is 0.839. The summed E-state index contributed by atoms with van der Waals surface area (Å²) in [5, 5.41) is 0. The quantitative estimate of drug-likeness (QED) is 0.854. The summed E-state index contributed by atoms with van der Waals surface area (Å²) in [7, 11) is 0. The maximum atomic E-state index is 11.6. The van der Waals surface area contributed by atoms with Crippen LogP contribution in [0.2, 0.25) is 0 Å². The number of nitrogen functional groups attached to an aromatic ring is 1. The van der Waals surface area contributed by atoms with Crippen molar-refractivity contribution in [1.29, 1.82) is 0 Å². The minimum atomic E-state index is -0.0429. The Morgan fingerprint density at radius 3 is 2.85 bits per heavy atom. The number of halogens is 1. The zero-order valence-corrected chi connectivity index (χ0v) is 12.9. The molecular weight excluding hydrogens is 320 g/mol. The third-order valence-corrected chi connectivity index (χ3v) is 3.84. The van der Waals surface area contributed by atoms with Gasteiger partial charge in [0.05, 0.1) is 6.61 Å². The van der Waals surface area contributed by atoms with Crippen molar-refractivity contribution in [3.05, 3.63) is 56.9 Å². The van der Waals surface area contributed by atoms with E-state index in [1.54, 1.807) is 16.8 Å². The van der Waals surface area contributed by atoms with E-state index in [1.807, 2.05) is 25.1 Å². The highest BCUT2D eigenvalue weighted by Crippen LogP contribution is 2.21. The predicted molar refractivity (Wildman–Crippen MR) is 84.1 cm³/mol. The standard InChI is InChI=1S/C15H17BrN2O2/c1-11-9-13(4-5-14(11)16)20-8-2-7-18-10-12(17)3-6-15(18)19/h3-6,9-10H,2,7-8,17H2,1H3. The Kier molecular flexibility index (Phi) is 4.84. The molecule has 2 rings (SSSR count). The molecule has 0 saturated heterocycles. The Labute approximate surface area is 126 Å². The summed E-state index contributed by atoms with van der Waals surface area (Å²) >= 11 is 3.45. The van der Waals surface area contributed by atoms with Crippen LogP contribution in [0.25, 0.3) is 0 Å². The average Bonchev–Trinajstić information content (AvgIpc) is 2.42. The lowest BCUT2D eigenvalue weighted by molar-refractivity contribution is 0.301. The van der Waals surface area contributed by atoms with Crippen LogP contribution in [0.5, 0.6) is 5.75 Å². The first-order valence-corrected chi connectivity index (χ1v) is 7.20. The number of hydrogen-bond donors (Lipinski definition) is 1. The number of hydrogen-bond acceptors (Lipinski definition) is 3. The SMILES string of the molecule is Cc1cc(OCCCn2cc(N)ccc2=O)ccc1Br. The second-order valence-electron chi connectivity index (χ2n) is 4.61. The van der Waals surface area contributed by atoms with Crippen molar-refractivity contribution in [2.24, 2.45) is 0 Å². The summed E-state index contributed by atoms with van der Waals surface area (Å²) in [6, 6.07) is 8.96. The van der Waals surface area contributed by atoms with Gasteiger partial charge in [0.25, 0.3) is 5.56 Å². The lowest BCUT2D eigenvalue weighted by Crippen LogP contribution is -2.20. The molecule has 0 radical (unpaired) electrons. The van der Waals surface area contributed by atoms with E-state index < -0.39 is 0 Å². The molecule has 4 nitrogen and oxygen atoms in total. The molecule has 0 aliphatic rings. The third kappa shape index (κ3) is 3.87. The van der Waals surface area contributed by atoms with Crippen LogP contribution in [-0.2, 0) is 6.54 Å². The van der Waals surface area contributed by atoms with Crippen molar-refractivity contribution in [2.45, 2.75) is 19.9 Å². The first kappa shape index (κ1) is 14.7. The number of aryl methyl sites for hydroxylation is 2. The molecule has 1 heterocycles. The lowest BCUT2D eigenvalue weighted by atomic mass is 10.2. The number of pyridine rings is 1. The molecule has 2 N–H and O–H groups in total. The topological polar surface area (TPSA) is 57.2 Å². The van der Waals surface area contributed by atoms with Crippen LogP contribution in [0.15, 0.2) is 45.8 Å². The minimum absolute atomic E-state index is 0.0429. The maximum Gasteiger partial charge on any atom is 0.250 e. The average molecular weight is 337 g/mol. The molecule has 1 aromatic heterocycles. The minimum Gasteiger partial charge on any atom is -0.494 e. The van der Waals surface area contributed by atoms with Crippen molar-refractivity contribution in [2.75, 3.05) is 12.3 Å². The van der Waals surface area contributed by atoms with Gasteiger partial charge in [-0.25, -0.2) is 0 Å². The molecule has 1 aromatic carbocycles. The smallest absolute Gasteiger partial charge is 0.250 e. The van der Waals surface area contributed by atoms with Gasteiger partial charge < -0.3 is 15.0 Å². The van der Waals surface area contributed by atoms with Gasteiger partial charge in [0, 0.05) is 29.0 Å². The Bertz CT molecular complexity index is 653. The zero-order valence-electron chi connectivity index (χ0n) is 11.3. The van der Waals surface area contributed by atoms with Gasteiger partial charge in [-0.3, -0.25) is 4.79 Å². The summed E-state index contributed by atoms with van der Waals surface area (Å²) in [5.41, 5.74) is 7.34. The zero-order chi connectivity index (χ0) is 14.5. The molecule has 5 heteroatoms. The lowest BCUT2D eigenvalue weighted by Gasteiger charge is -2.09. The van der Waals surface area contributed by atoms with E-state index in [0.717, 1.165) is 22.2 Å². The highest BCUT2D eigenvalue weighted by Gasteiger charge is 2.00. The number of nitrogens with zero attached hydrogens (tertiary/aromatic N) is 1. The number of benzene rings is 1. The van der Waals surface area contributed by atoms with E-state index in [4.69, 9.17) is 10.5 Å². The molecule has 106 valence electrons. The van der Waals surface area contributed by atoms with Crippen molar-refractivity contribution in [3.8, 4) is 5.75 Å². The van der Waals surface area contributed by atoms with Gasteiger partial charge in [-0.05, 0) is 43.2 Å². The van der Waals surface area contributed by atoms with Gasteiger partial charge in [-0.1, -0.05) is 15.9 Å². The molecule has 0 bridgehead atoms. The molecule has 2 aromatic rings. The molecule has 0 saturated carbocycles. The molecule has 0 amide bonds. The number of anilines is 1. The number of aromatic nitrogens is 1. The van der Waals surface area contributed by atoms with Gasteiger partial charge in [0.2, 0.25) is 0 Å². The fourth-order valence-electron chi connectivity index (χ4n) is 1.86. The summed E-state index contributed by atoms with van der Waals surface area (Å²) in [4.78, 5) is 11.6. The van der Waals surface area contributed by atoms with Crippen LogP contribution in [0, 0.1) is 6.92 Å². The van der Waals surface area contributed by atoms with E-state index in [-0.39, 0.29) is 5.56 Å². The number of nitrogens with two attached hydrogens (primary N) is 1. The van der Waals surface area contributed by atoms with E-state index in [0.29, 0.717) is 18.8 Å². The van der Waals surface area contributed by atoms with Crippen LogP contribution < -0.4 is 16.0 Å². The van der Waals surface area contributed by atoms with Gasteiger partial charge in [0.1, 0.15) is 5.75 Å². The van der Waals surface area contributed by atoms with Gasteiger partial charge in [0.15, 0.2) is 0 Å². The van der Waals surface area contributed by atoms with Crippen molar-refractivity contribution in [1.82, 2.24) is 4.57 Å². The Morgan fingerprint density at radius 1 is 1.30 bits per heavy atom. The second-order valence-corrected chi connectivity index (χ2v) is 5.46. The Balaban J connectivity index is 1.86. The highest BCUT2D eigenvalue weighted by molar-refractivity contribution is 9.10. The van der Waals surface area contributed by atoms with E-state index in [2.05, 4.69) is 15.9 Å². The Morgan fingerprint density at radius 2 is 2.10 bits per heavy atom. The molecule has 0 spiro atoms. The summed E-state index contributed by atoms with van der Waals surface area (Å²) in [6.45, 7) is 3.17. The summed E-state index contributed by atoms with van der Waals surface area (Å²) < 4.78 is 8.33. The van der Waals surface area contributed by atoms with Gasteiger partial charge in [-0.15, -0.1) is 0 Å². The van der Waals surface area contributed by atoms with E-state index in [1.165, 1.54) is 6.07 Å². The van der Waals surface area contributed by atoms with Crippen molar-refractivity contribution >= 4 is 21.6 Å². The van der Waals surface area contributed by atoms with E-state index >= 15 is 0 Å². The monoisotopic (exact) mass is 336 g/mol. The molecule has 0 fully saturated rings. The number of ether oxygens (including phenoxy) is 1. The molecule has 0 aliphatic carbocycles. The fraction of sp³-hybridized carbons (Fsp3) is 0.267. The first-order chi connectivity index (χ1) is 9.56. The molecule has 20 heavy (non-hydrogen) atoms. The van der Waals surface area contributed by atoms with Crippen LogP contribution in [-0.4, -0.2) is 11.2 Å². The van der Waals surface area contributed by atoms with E-state index in [9.17, 15) is 4.79 Å². The van der Waals surface area contributed by atoms with Crippen molar-refractivity contribution in [3.63, 3.8) is 0 Å². The predicted octanol–water partition coefficient (Wildman–Crippen LogP) is 2.97. The van der Waals surface area contributed by atoms with Crippen LogP contribution in [0.4, 0.5) is 5.69 Å². The molecule has 0 unspecified atom stereocenters. The third-order valence-electron chi connectivity index (χ3n) is 2.95. The maximum absolute atomic E-state index is 11.6. The van der Waals surface area contributed by atoms with Crippen molar-refractivity contribution < 1.29 is 4.74 Å². The molecule has 0 atom stereocenters. The summed E-state index contributed by atoms with van der Waals surface area (Å²) in [6.07, 6.45) is 2.41. The fourth-order valence-corrected chi connectivity index (χ4v) is 2.10. The van der Waals surface area contributed by atoms with Crippen LogP contribution in [0.3, 0.4) is 0 Å². The largest absolute Gasteiger partial charge is 0.494 e. The molecular formula is C15H17BrN2O2. The normalized spacial score (nSPS) is 10.5. The van der Waals surface area contributed by atoms with Crippen LogP contribution in [0.1, 0.15) is 12.0 Å². The second kappa shape index (κ2) is 6.61. The first-order valence-electron chi connectivity index (χ1n) is 6.41. The van der Waals surface area contributed by atoms with Gasteiger partial charge in [-0.2, -0.15) is 0 Å².